The third-order valence-corrected chi connectivity index (χ3v) is 2.07. The maximum absolute atomic E-state index is 4.87. The quantitative estimate of drug-likeness (QED) is 0.717. The fraction of sp³-hybridized carbons (Fsp3) is 0.400. The van der Waals surface area contributed by atoms with Crippen molar-refractivity contribution >= 4 is 0 Å². The number of hydrogen-bond acceptors (Lipinski definition) is 4. The lowest BCUT2D eigenvalue weighted by Crippen LogP contribution is -2.17. The summed E-state index contributed by atoms with van der Waals surface area (Å²) in [5, 5.41) is 7.11. The second kappa shape index (κ2) is 4.75. The molecule has 0 aliphatic carbocycles. The number of nitrogens with one attached hydrogen (secondary N) is 2. The molecule has 0 radical (unpaired) electrons. The van der Waals surface area contributed by atoms with Crippen LogP contribution in [-0.2, 0) is 13.0 Å². The highest BCUT2D eigenvalue weighted by Gasteiger charge is 2.00. The van der Waals surface area contributed by atoms with Crippen LogP contribution in [0.5, 0.6) is 0 Å². The van der Waals surface area contributed by atoms with Crippen molar-refractivity contribution in [3.63, 3.8) is 0 Å². The monoisotopic (exact) mass is 206 g/mol. The van der Waals surface area contributed by atoms with Gasteiger partial charge in [-0.15, -0.1) is 0 Å². The Morgan fingerprint density at radius 3 is 3.13 bits per heavy atom. The molecule has 0 amide bonds. The number of rotatable bonds is 5. The SMILES string of the molecule is Cc1nc(CCNCc2ccc[nH]2)no1. The summed E-state index contributed by atoms with van der Waals surface area (Å²) in [4.78, 5) is 7.25. The fourth-order valence-electron chi connectivity index (χ4n) is 1.34. The van der Waals surface area contributed by atoms with Gasteiger partial charge in [0.05, 0.1) is 0 Å². The van der Waals surface area contributed by atoms with E-state index in [2.05, 4.69) is 20.4 Å². The Morgan fingerprint density at radius 1 is 1.53 bits per heavy atom. The van der Waals surface area contributed by atoms with Crippen LogP contribution >= 0.6 is 0 Å². The topological polar surface area (TPSA) is 66.7 Å². The molecule has 0 unspecified atom stereocenters. The van der Waals surface area contributed by atoms with Gasteiger partial charge in [-0.25, -0.2) is 0 Å². The van der Waals surface area contributed by atoms with Crippen molar-refractivity contribution in [3.8, 4) is 0 Å². The summed E-state index contributed by atoms with van der Waals surface area (Å²) in [6.45, 7) is 3.48. The van der Waals surface area contributed by atoms with Gasteiger partial charge in [0.15, 0.2) is 5.82 Å². The lowest BCUT2D eigenvalue weighted by atomic mass is 10.4. The average molecular weight is 206 g/mol. The number of aryl methyl sites for hydroxylation is 1. The first-order valence-electron chi connectivity index (χ1n) is 4.97. The van der Waals surface area contributed by atoms with E-state index < -0.39 is 0 Å². The lowest BCUT2D eigenvalue weighted by Gasteiger charge is -1.99. The van der Waals surface area contributed by atoms with Gasteiger partial charge in [0.2, 0.25) is 5.89 Å². The number of H-pyrrole nitrogens is 1. The lowest BCUT2D eigenvalue weighted by molar-refractivity contribution is 0.387. The number of hydrogen-bond donors (Lipinski definition) is 2. The average Bonchev–Trinajstić information content (AvgIpc) is 2.84. The normalized spacial score (nSPS) is 10.7. The number of aromatic amines is 1. The smallest absolute Gasteiger partial charge is 0.223 e. The summed E-state index contributed by atoms with van der Waals surface area (Å²) in [7, 11) is 0. The molecule has 0 aliphatic rings. The Balaban J connectivity index is 1.67. The molecule has 0 saturated carbocycles. The van der Waals surface area contributed by atoms with Crippen LogP contribution in [0.15, 0.2) is 22.9 Å². The first-order valence-corrected chi connectivity index (χ1v) is 4.97. The molecule has 0 spiro atoms. The van der Waals surface area contributed by atoms with Gasteiger partial charge in [-0.1, -0.05) is 5.16 Å². The van der Waals surface area contributed by atoms with Crippen LogP contribution in [-0.4, -0.2) is 21.7 Å². The van der Waals surface area contributed by atoms with Crippen LogP contribution in [0.2, 0.25) is 0 Å². The Bertz CT molecular complexity index is 393. The summed E-state index contributed by atoms with van der Waals surface area (Å²) >= 11 is 0. The first-order chi connectivity index (χ1) is 7.34. The summed E-state index contributed by atoms with van der Waals surface area (Å²) < 4.78 is 4.87. The molecule has 5 heteroatoms. The van der Waals surface area contributed by atoms with E-state index in [9.17, 15) is 0 Å². The van der Waals surface area contributed by atoms with Crippen LogP contribution in [0.1, 0.15) is 17.4 Å². The minimum atomic E-state index is 0.620. The molecule has 80 valence electrons. The van der Waals surface area contributed by atoms with Gasteiger partial charge in [0.1, 0.15) is 0 Å². The van der Waals surface area contributed by atoms with Crippen LogP contribution in [0.3, 0.4) is 0 Å². The molecule has 2 aromatic rings. The molecule has 0 bridgehead atoms. The highest BCUT2D eigenvalue weighted by Crippen LogP contribution is 1.96. The van der Waals surface area contributed by atoms with Gasteiger partial charge in [0.25, 0.3) is 0 Å². The van der Waals surface area contributed by atoms with Gasteiger partial charge in [0, 0.05) is 38.3 Å². The first kappa shape index (κ1) is 9.92. The summed E-state index contributed by atoms with van der Waals surface area (Å²) in [6.07, 6.45) is 2.71. The molecule has 0 aromatic carbocycles. The van der Waals surface area contributed by atoms with E-state index >= 15 is 0 Å². The van der Waals surface area contributed by atoms with Crippen molar-refractivity contribution in [2.24, 2.45) is 0 Å². The highest BCUT2D eigenvalue weighted by atomic mass is 16.5. The highest BCUT2D eigenvalue weighted by molar-refractivity contribution is 5.02. The molecule has 2 rings (SSSR count). The largest absolute Gasteiger partial charge is 0.364 e. The van der Waals surface area contributed by atoms with Gasteiger partial charge in [-0.3, -0.25) is 0 Å². The molecule has 5 nitrogen and oxygen atoms in total. The predicted octanol–water partition coefficient (Wildman–Crippen LogP) is 1.04. The zero-order valence-electron chi connectivity index (χ0n) is 8.66. The van der Waals surface area contributed by atoms with Crippen LogP contribution < -0.4 is 5.32 Å². The van der Waals surface area contributed by atoms with Crippen LogP contribution in [0.25, 0.3) is 0 Å². The van der Waals surface area contributed by atoms with Crippen molar-refractivity contribution in [1.29, 1.82) is 0 Å². The molecule has 0 aliphatic heterocycles. The van der Waals surface area contributed by atoms with Crippen molar-refractivity contribution in [3.05, 3.63) is 35.7 Å². The third kappa shape index (κ3) is 2.92. The summed E-state index contributed by atoms with van der Waals surface area (Å²) in [6, 6.07) is 4.03. The Hall–Kier alpha value is -1.62. The third-order valence-electron chi connectivity index (χ3n) is 2.07. The molecule has 0 fully saturated rings. The second-order valence-electron chi connectivity index (χ2n) is 3.35. The molecule has 2 heterocycles. The predicted molar refractivity (Wildman–Crippen MR) is 55.2 cm³/mol. The van der Waals surface area contributed by atoms with Crippen molar-refractivity contribution in [2.75, 3.05) is 6.54 Å². The maximum Gasteiger partial charge on any atom is 0.223 e. The van der Waals surface area contributed by atoms with Gasteiger partial charge >= 0.3 is 0 Å². The Kier molecular flexibility index (Phi) is 3.14. The Labute approximate surface area is 87.9 Å². The molecular formula is C10H14N4O. The zero-order chi connectivity index (χ0) is 10.5. The molecule has 0 atom stereocenters. The van der Waals surface area contributed by atoms with Gasteiger partial charge < -0.3 is 14.8 Å². The minimum absolute atomic E-state index is 0.620. The van der Waals surface area contributed by atoms with Gasteiger partial charge in [-0.05, 0) is 12.1 Å². The number of aromatic nitrogens is 3. The molecule has 2 aromatic heterocycles. The van der Waals surface area contributed by atoms with Crippen molar-refractivity contribution in [2.45, 2.75) is 19.9 Å². The van der Waals surface area contributed by atoms with Gasteiger partial charge in [-0.2, -0.15) is 4.98 Å². The fourth-order valence-corrected chi connectivity index (χ4v) is 1.34. The molecule has 0 saturated heterocycles. The molecule has 2 N–H and O–H groups in total. The van der Waals surface area contributed by atoms with Crippen molar-refractivity contribution in [1.82, 2.24) is 20.4 Å². The summed E-state index contributed by atoms with van der Waals surface area (Å²) in [5.41, 5.74) is 1.18. The number of nitrogens with zero attached hydrogens (tertiary/aromatic N) is 2. The van der Waals surface area contributed by atoms with Crippen LogP contribution in [0, 0.1) is 6.92 Å². The minimum Gasteiger partial charge on any atom is -0.364 e. The van der Waals surface area contributed by atoms with E-state index in [1.807, 2.05) is 18.3 Å². The maximum atomic E-state index is 4.87. The van der Waals surface area contributed by atoms with E-state index in [0.29, 0.717) is 5.89 Å². The summed E-state index contributed by atoms with van der Waals surface area (Å²) in [5.74, 6) is 1.38. The standard InChI is InChI=1S/C10H14N4O/c1-8-13-10(14-15-8)4-6-11-7-9-3-2-5-12-9/h2-3,5,11-12H,4,6-7H2,1H3. The Morgan fingerprint density at radius 2 is 2.47 bits per heavy atom. The molecular weight excluding hydrogens is 192 g/mol. The van der Waals surface area contributed by atoms with E-state index in [4.69, 9.17) is 4.52 Å². The van der Waals surface area contributed by atoms with E-state index in [0.717, 1.165) is 25.3 Å². The van der Waals surface area contributed by atoms with Crippen LogP contribution in [0.4, 0.5) is 0 Å². The van der Waals surface area contributed by atoms with E-state index in [-0.39, 0.29) is 0 Å². The zero-order valence-corrected chi connectivity index (χ0v) is 8.66. The van der Waals surface area contributed by atoms with E-state index in [1.54, 1.807) is 6.92 Å². The van der Waals surface area contributed by atoms with E-state index in [1.165, 1.54) is 5.69 Å². The second-order valence-corrected chi connectivity index (χ2v) is 3.35. The molecule has 15 heavy (non-hydrogen) atoms. The van der Waals surface area contributed by atoms with Crippen molar-refractivity contribution < 1.29 is 4.52 Å².